The average molecular weight is 222 g/mol. The van der Waals surface area contributed by atoms with Gasteiger partial charge in [0.05, 0.1) is 6.10 Å². The summed E-state index contributed by atoms with van der Waals surface area (Å²) in [7, 11) is 0. The summed E-state index contributed by atoms with van der Waals surface area (Å²) in [5, 5.41) is 2.95. The highest BCUT2D eigenvalue weighted by molar-refractivity contribution is 6.20. The second-order valence-corrected chi connectivity index (χ2v) is 4.38. The molecule has 0 heterocycles. The van der Waals surface area contributed by atoms with Crippen LogP contribution < -0.4 is 5.32 Å². The van der Waals surface area contributed by atoms with Crippen molar-refractivity contribution < 1.29 is 9.53 Å². The zero-order valence-corrected chi connectivity index (χ0v) is 9.93. The van der Waals surface area contributed by atoms with Gasteiger partial charge in [0.1, 0.15) is 6.61 Å². The highest BCUT2D eigenvalue weighted by atomic mass is 35.5. The Labute approximate surface area is 91.2 Å². The van der Waals surface area contributed by atoms with Crippen molar-refractivity contribution >= 4 is 17.5 Å². The van der Waals surface area contributed by atoms with Gasteiger partial charge < -0.3 is 10.1 Å². The van der Waals surface area contributed by atoms with Crippen molar-refractivity contribution in [3.05, 3.63) is 0 Å². The molecule has 0 aromatic heterocycles. The highest BCUT2D eigenvalue weighted by Gasteiger charge is 2.02. The molecule has 0 aromatic rings. The van der Waals surface area contributed by atoms with E-state index in [1.165, 1.54) is 0 Å². The van der Waals surface area contributed by atoms with Crippen molar-refractivity contribution in [2.75, 3.05) is 13.2 Å². The fourth-order valence-electron chi connectivity index (χ4n) is 0.905. The normalized spacial score (nSPS) is 12.9. The SMILES string of the molecule is CC(Cl)CCCNC(=O)COC(C)C. The minimum Gasteiger partial charge on any atom is -0.369 e. The quantitative estimate of drug-likeness (QED) is 0.527. The zero-order valence-electron chi connectivity index (χ0n) is 9.18. The fourth-order valence-corrected chi connectivity index (χ4v) is 1.06. The Kier molecular flexibility index (Phi) is 7.90. The number of rotatable bonds is 7. The Bertz CT molecular complexity index is 160. The summed E-state index contributed by atoms with van der Waals surface area (Å²) in [5.41, 5.74) is 0. The maximum atomic E-state index is 11.1. The van der Waals surface area contributed by atoms with Gasteiger partial charge in [-0.1, -0.05) is 0 Å². The van der Waals surface area contributed by atoms with E-state index in [1.54, 1.807) is 0 Å². The average Bonchev–Trinajstić information content (AvgIpc) is 2.08. The van der Waals surface area contributed by atoms with Crippen LogP contribution in [0.2, 0.25) is 0 Å². The Balaban J connectivity index is 3.27. The van der Waals surface area contributed by atoms with Gasteiger partial charge in [0, 0.05) is 11.9 Å². The van der Waals surface area contributed by atoms with Gasteiger partial charge in [-0.2, -0.15) is 0 Å². The molecule has 4 heteroatoms. The molecule has 0 bridgehead atoms. The molecular weight excluding hydrogens is 202 g/mol. The van der Waals surface area contributed by atoms with E-state index in [4.69, 9.17) is 16.3 Å². The number of amides is 1. The second-order valence-electron chi connectivity index (χ2n) is 3.63. The van der Waals surface area contributed by atoms with E-state index < -0.39 is 0 Å². The molecule has 0 saturated carbocycles. The van der Waals surface area contributed by atoms with Crippen LogP contribution in [-0.4, -0.2) is 30.5 Å². The summed E-state index contributed by atoms with van der Waals surface area (Å²) < 4.78 is 5.14. The Morgan fingerprint density at radius 3 is 2.57 bits per heavy atom. The van der Waals surface area contributed by atoms with Gasteiger partial charge >= 0.3 is 0 Å². The van der Waals surface area contributed by atoms with Crippen molar-refractivity contribution in [1.82, 2.24) is 5.32 Å². The van der Waals surface area contributed by atoms with Gasteiger partial charge in [-0.05, 0) is 33.6 Å². The number of halogens is 1. The van der Waals surface area contributed by atoms with Gasteiger partial charge in [-0.25, -0.2) is 0 Å². The maximum Gasteiger partial charge on any atom is 0.246 e. The molecule has 0 rings (SSSR count). The third-order valence-electron chi connectivity index (χ3n) is 1.65. The standard InChI is InChI=1S/C10H20ClNO2/c1-8(2)14-7-10(13)12-6-4-5-9(3)11/h8-9H,4-7H2,1-3H3,(H,12,13). The molecule has 0 aromatic carbocycles. The fraction of sp³-hybridized carbons (Fsp3) is 0.900. The van der Waals surface area contributed by atoms with E-state index in [0.717, 1.165) is 12.8 Å². The van der Waals surface area contributed by atoms with Crippen molar-refractivity contribution in [3.63, 3.8) is 0 Å². The molecule has 0 aliphatic carbocycles. The zero-order chi connectivity index (χ0) is 11.0. The highest BCUT2D eigenvalue weighted by Crippen LogP contribution is 2.01. The first-order valence-electron chi connectivity index (χ1n) is 5.04. The number of alkyl halides is 1. The number of nitrogens with one attached hydrogen (secondary N) is 1. The van der Waals surface area contributed by atoms with Crippen LogP contribution in [0.4, 0.5) is 0 Å². The molecule has 0 radical (unpaired) electrons. The van der Waals surface area contributed by atoms with Crippen LogP contribution >= 0.6 is 11.6 Å². The first kappa shape index (κ1) is 13.7. The van der Waals surface area contributed by atoms with Crippen LogP contribution in [0.5, 0.6) is 0 Å². The van der Waals surface area contributed by atoms with Crippen LogP contribution in [0.3, 0.4) is 0 Å². The molecule has 0 aliphatic heterocycles. The third kappa shape index (κ3) is 9.81. The summed E-state index contributed by atoms with van der Waals surface area (Å²) in [6.45, 7) is 6.58. The number of carbonyl (C=O) groups excluding carboxylic acids is 1. The molecule has 0 spiro atoms. The van der Waals surface area contributed by atoms with E-state index in [0.29, 0.717) is 6.54 Å². The lowest BCUT2D eigenvalue weighted by Gasteiger charge is -2.08. The lowest BCUT2D eigenvalue weighted by molar-refractivity contribution is -0.127. The van der Waals surface area contributed by atoms with E-state index in [-0.39, 0.29) is 24.0 Å². The van der Waals surface area contributed by atoms with Crippen LogP contribution in [0.15, 0.2) is 0 Å². The van der Waals surface area contributed by atoms with Gasteiger partial charge in [0.15, 0.2) is 0 Å². The topological polar surface area (TPSA) is 38.3 Å². The minimum absolute atomic E-state index is 0.0547. The molecule has 0 aliphatic rings. The van der Waals surface area contributed by atoms with Crippen LogP contribution in [0.1, 0.15) is 33.6 Å². The Morgan fingerprint density at radius 2 is 2.07 bits per heavy atom. The summed E-state index contributed by atoms with van der Waals surface area (Å²) in [6.07, 6.45) is 1.94. The Morgan fingerprint density at radius 1 is 1.43 bits per heavy atom. The van der Waals surface area contributed by atoms with E-state index in [1.807, 2.05) is 20.8 Å². The minimum atomic E-state index is -0.0547. The summed E-state index contributed by atoms with van der Waals surface area (Å²) in [6, 6.07) is 0. The van der Waals surface area contributed by atoms with Crippen LogP contribution in [-0.2, 0) is 9.53 Å². The van der Waals surface area contributed by atoms with E-state index in [2.05, 4.69) is 5.32 Å². The maximum absolute atomic E-state index is 11.1. The predicted octanol–water partition coefficient (Wildman–Crippen LogP) is 1.94. The second kappa shape index (κ2) is 8.06. The number of hydrogen-bond acceptors (Lipinski definition) is 2. The third-order valence-corrected chi connectivity index (χ3v) is 1.87. The molecule has 1 atom stereocenters. The molecule has 1 unspecified atom stereocenters. The number of carbonyl (C=O) groups is 1. The molecule has 84 valence electrons. The number of ether oxygens (including phenoxy) is 1. The molecule has 3 nitrogen and oxygen atoms in total. The van der Waals surface area contributed by atoms with Crippen molar-refractivity contribution in [2.45, 2.75) is 45.1 Å². The van der Waals surface area contributed by atoms with Crippen LogP contribution in [0.25, 0.3) is 0 Å². The lowest BCUT2D eigenvalue weighted by Crippen LogP contribution is -2.29. The van der Waals surface area contributed by atoms with Crippen LogP contribution in [0, 0.1) is 0 Å². The largest absolute Gasteiger partial charge is 0.369 e. The lowest BCUT2D eigenvalue weighted by atomic mass is 10.2. The summed E-state index contributed by atoms with van der Waals surface area (Å²) in [4.78, 5) is 11.1. The van der Waals surface area contributed by atoms with E-state index >= 15 is 0 Å². The van der Waals surface area contributed by atoms with Gasteiger partial charge in [-0.3, -0.25) is 4.79 Å². The van der Waals surface area contributed by atoms with Gasteiger partial charge in [0.25, 0.3) is 0 Å². The van der Waals surface area contributed by atoms with Crippen molar-refractivity contribution in [2.24, 2.45) is 0 Å². The molecule has 1 amide bonds. The molecule has 14 heavy (non-hydrogen) atoms. The monoisotopic (exact) mass is 221 g/mol. The van der Waals surface area contributed by atoms with Gasteiger partial charge in [0.2, 0.25) is 5.91 Å². The molecule has 0 fully saturated rings. The molecule has 0 saturated heterocycles. The summed E-state index contributed by atoms with van der Waals surface area (Å²) >= 11 is 5.76. The number of hydrogen-bond donors (Lipinski definition) is 1. The smallest absolute Gasteiger partial charge is 0.246 e. The van der Waals surface area contributed by atoms with Crippen molar-refractivity contribution in [3.8, 4) is 0 Å². The molecule has 1 N–H and O–H groups in total. The van der Waals surface area contributed by atoms with Crippen molar-refractivity contribution in [1.29, 1.82) is 0 Å². The van der Waals surface area contributed by atoms with Gasteiger partial charge in [-0.15, -0.1) is 11.6 Å². The first-order chi connectivity index (χ1) is 6.52. The molecular formula is C10H20ClNO2. The Hall–Kier alpha value is -0.280. The first-order valence-corrected chi connectivity index (χ1v) is 5.48. The predicted molar refractivity (Wildman–Crippen MR) is 58.6 cm³/mol. The summed E-state index contributed by atoms with van der Waals surface area (Å²) in [5.74, 6) is -0.0547. The van der Waals surface area contributed by atoms with E-state index in [9.17, 15) is 4.79 Å².